The first-order chi connectivity index (χ1) is 12.5. The van der Waals surface area contributed by atoms with Gasteiger partial charge in [-0.3, -0.25) is 9.48 Å². The van der Waals surface area contributed by atoms with Crippen molar-refractivity contribution in [1.82, 2.24) is 25.2 Å². The van der Waals surface area contributed by atoms with Crippen molar-refractivity contribution < 1.29 is 9.32 Å². The van der Waals surface area contributed by atoms with Crippen LogP contribution in [-0.2, 0) is 7.05 Å². The van der Waals surface area contributed by atoms with Crippen LogP contribution in [0.3, 0.4) is 0 Å². The lowest BCUT2D eigenvalue weighted by Gasteiger charge is -2.09. The van der Waals surface area contributed by atoms with Gasteiger partial charge in [0.05, 0.1) is 5.69 Å². The van der Waals surface area contributed by atoms with Gasteiger partial charge in [-0.1, -0.05) is 28.9 Å². The zero-order valence-corrected chi connectivity index (χ0v) is 15.2. The summed E-state index contributed by atoms with van der Waals surface area (Å²) in [5, 5.41) is 11.9. The Hall–Kier alpha value is -2.67. The molecule has 2 heterocycles. The number of nitrogens with one attached hydrogen (secondary N) is 1. The molecule has 4 rings (SSSR count). The maximum atomic E-state index is 12.5. The number of nitrogens with zero attached hydrogens (tertiary/aromatic N) is 4. The standard InChI is InChI=1S/C18H18ClN5O2/c1-10(18-21-16(23-26-18)12-4-3-5-13(19)8-12)20-17(25)15-9-14(11-6-7-11)22-24(15)2/h3-5,8-11H,6-7H2,1-2H3,(H,20,25)/t10-/m1/s1. The van der Waals surface area contributed by atoms with Crippen molar-refractivity contribution in [2.75, 3.05) is 0 Å². The molecular weight excluding hydrogens is 354 g/mol. The smallest absolute Gasteiger partial charge is 0.270 e. The molecular formula is C18H18ClN5O2. The predicted molar refractivity (Wildman–Crippen MR) is 95.8 cm³/mol. The molecule has 8 heteroatoms. The van der Waals surface area contributed by atoms with E-state index < -0.39 is 6.04 Å². The van der Waals surface area contributed by atoms with Crippen molar-refractivity contribution in [3.63, 3.8) is 0 Å². The number of carbonyl (C=O) groups excluding carboxylic acids is 1. The molecule has 0 radical (unpaired) electrons. The molecule has 1 aliphatic rings. The maximum Gasteiger partial charge on any atom is 0.270 e. The molecule has 1 fully saturated rings. The Morgan fingerprint density at radius 3 is 2.92 bits per heavy atom. The Morgan fingerprint density at radius 1 is 1.38 bits per heavy atom. The van der Waals surface area contributed by atoms with Crippen LogP contribution in [0.5, 0.6) is 0 Å². The van der Waals surface area contributed by atoms with Crippen LogP contribution in [0.1, 0.15) is 53.8 Å². The molecule has 1 atom stereocenters. The van der Waals surface area contributed by atoms with Crippen molar-refractivity contribution in [2.24, 2.45) is 7.05 Å². The first-order valence-electron chi connectivity index (χ1n) is 8.45. The highest BCUT2D eigenvalue weighted by Crippen LogP contribution is 2.39. The lowest BCUT2D eigenvalue weighted by Crippen LogP contribution is -2.28. The lowest BCUT2D eigenvalue weighted by atomic mass is 10.2. The third-order valence-electron chi connectivity index (χ3n) is 4.37. The number of benzene rings is 1. The van der Waals surface area contributed by atoms with Gasteiger partial charge < -0.3 is 9.84 Å². The van der Waals surface area contributed by atoms with Gasteiger partial charge in [0, 0.05) is 23.6 Å². The van der Waals surface area contributed by atoms with E-state index in [-0.39, 0.29) is 5.91 Å². The molecule has 1 saturated carbocycles. The SMILES string of the molecule is C[C@@H](NC(=O)c1cc(C2CC2)nn1C)c1nc(-c2cccc(Cl)c2)no1. The highest BCUT2D eigenvalue weighted by atomic mass is 35.5. The topological polar surface area (TPSA) is 85.8 Å². The number of hydrogen-bond donors (Lipinski definition) is 1. The summed E-state index contributed by atoms with van der Waals surface area (Å²) in [6.07, 6.45) is 2.28. The molecule has 0 aliphatic heterocycles. The third kappa shape index (κ3) is 3.35. The van der Waals surface area contributed by atoms with Gasteiger partial charge in [-0.25, -0.2) is 0 Å². The van der Waals surface area contributed by atoms with E-state index in [1.54, 1.807) is 30.8 Å². The van der Waals surface area contributed by atoms with Crippen molar-refractivity contribution in [2.45, 2.75) is 31.7 Å². The zero-order chi connectivity index (χ0) is 18.3. The van der Waals surface area contributed by atoms with E-state index in [0.717, 1.165) is 24.1 Å². The summed E-state index contributed by atoms with van der Waals surface area (Å²) in [4.78, 5) is 16.9. The number of aryl methyl sites for hydroxylation is 1. The van der Waals surface area contributed by atoms with E-state index in [1.165, 1.54) is 0 Å². The average molecular weight is 372 g/mol. The number of rotatable bonds is 5. The van der Waals surface area contributed by atoms with Crippen LogP contribution in [0.25, 0.3) is 11.4 Å². The van der Waals surface area contributed by atoms with E-state index in [9.17, 15) is 4.79 Å². The fraction of sp³-hybridized carbons (Fsp3) is 0.333. The van der Waals surface area contributed by atoms with Crippen molar-refractivity contribution >= 4 is 17.5 Å². The Labute approximate surface area is 155 Å². The molecule has 3 aromatic rings. The highest BCUT2D eigenvalue weighted by molar-refractivity contribution is 6.30. The predicted octanol–water partition coefficient (Wildman–Crippen LogP) is 3.49. The normalized spacial score (nSPS) is 15.0. The molecule has 0 spiro atoms. The first kappa shape index (κ1) is 16.8. The molecule has 0 bridgehead atoms. The fourth-order valence-electron chi connectivity index (χ4n) is 2.77. The van der Waals surface area contributed by atoms with E-state index in [0.29, 0.717) is 28.3 Å². The second-order valence-corrected chi connectivity index (χ2v) is 6.95. The van der Waals surface area contributed by atoms with Gasteiger partial charge in [0.2, 0.25) is 11.7 Å². The van der Waals surface area contributed by atoms with Crippen molar-refractivity contribution in [3.8, 4) is 11.4 Å². The molecule has 0 unspecified atom stereocenters. The molecule has 134 valence electrons. The maximum absolute atomic E-state index is 12.5. The fourth-order valence-corrected chi connectivity index (χ4v) is 2.96. The highest BCUT2D eigenvalue weighted by Gasteiger charge is 2.28. The zero-order valence-electron chi connectivity index (χ0n) is 14.4. The number of carbonyl (C=O) groups is 1. The summed E-state index contributed by atoms with van der Waals surface area (Å²) in [6.45, 7) is 1.80. The Balaban J connectivity index is 1.48. The molecule has 26 heavy (non-hydrogen) atoms. The van der Waals surface area contributed by atoms with Gasteiger partial charge in [0.1, 0.15) is 11.7 Å². The summed E-state index contributed by atoms with van der Waals surface area (Å²) in [7, 11) is 1.77. The second-order valence-electron chi connectivity index (χ2n) is 6.51. The lowest BCUT2D eigenvalue weighted by molar-refractivity contribution is 0.0923. The molecule has 1 aromatic carbocycles. The minimum atomic E-state index is -0.429. The molecule has 1 amide bonds. The van der Waals surface area contributed by atoms with Crippen LogP contribution in [0.4, 0.5) is 0 Å². The molecule has 7 nitrogen and oxygen atoms in total. The Morgan fingerprint density at radius 2 is 2.19 bits per heavy atom. The van der Waals surface area contributed by atoms with E-state index >= 15 is 0 Å². The molecule has 2 aromatic heterocycles. The molecule has 1 N–H and O–H groups in total. The van der Waals surface area contributed by atoms with Gasteiger partial charge in [0.15, 0.2) is 0 Å². The number of hydrogen-bond acceptors (Lipinski definition) is 5. The second kappa shape index (κ2) is 6.57. The molecule has 0 saturated heterocycles. The first-order valence-corrected chi connectivity index (χ1v) is 8.83. The third-order valence-corrected chi connectivity index (χ3v) is 4.60. The Bertz CT molecular complexity index is 960. The van der Waals surface area contributed by atoms with Crippen LogP contribution in [-0.4, -0.2) is 25.8 Å². The monoisotopic (exact) mass is 371 g/mol. The summed E-state index contributed by atoms with van der Waals surface area (Å²) in [5.74, 6) is 1.04. The van der Waals surface area contributed by atoms with Gasteiger partial charge in [-0.15, -0.1) is 0 Å². The minimum Gasteiger partial charge on any atom is -0.339 e. The Kier molecular flexibility index (Phi) is 4.24. The summed E-state index contributed by atoms with van der Waals surface area (Å²) in [5.41, 5.74) is 2.26. The molecule has 1 aliphatic carbocycles. The van der Waals surface area contributed by atoms with Crippen molar-refractivity contribution in [1.29, 1.82) is 0 Å². The van der Waals surface area contributed by atoms with Crippen LogP contribution in [0.2, 0.25) is 5.02 Å². The summed E-state index contributed by atoms with van der Waals surface area (Å²) >= 11 is 5.99. The van der Waals surface area contributed by atoms with Crippen LogP contribution < -0.4 is 5.32 Å². The average Bonchev–Trinajstić information content (AvgIpc) is 3.20. The van der Waals surface area contributed by atoms with Crippen LogP contribution >= 0.6 is 11.6 Å². The van der Waals surface area contributed by atoms with E-state index in [2.05, 4.69) is 20.6 Å². The number of halogens is 1. The van der Waals surface area contributed by atoms with Gasteiger partial charge in [0.25, 0.3) is 5.91 Å². The summed E-state index contributed by atoms with van der Waals surface area (Å²) in [6, 6.07) is 8.62. The summed E-state index contributed by atoms with van der Waals surface area (Å²) < 4.78 is 6.91. The number of amides is 1. The van der Waals surface area contributed by atoms with E-state index in [1.807, 2.05) is 18.2 Å². The van der Waals surface area contributed by atoms with Gasteiger partial charge in [-0.05, 0) is 38.0 Å². The van der Waals surface area contributed by atoms with Gasteiger partial charge >= 0.3 is 0 Å². The van der Waals surface area contributed by atoms with E-state index in [4.69, 9.17) is 16.1 Å². The number of aromatic nitrogens is 4. The van der Waals surface area contributed by atoms with Crippen LogP contribution in [0, 0.1) is 0 Å². The quantitative estimate of drug-likeness (QED) is 0.741. The largest absolute Gasteiger partial charge is 0.339 e. The van der Waals surface area contributed by atoms with Crippen molar-refractivity contribution in [3.05, 3.63) is 52.6 Å². The minimum absolute atomic E-state index is 0.220. The van der Waals surface area contributed by atoms with Gasteiger partial charge in [-0.2, -0.15) is 10.1 Å². The van der Waals surface area contributed by atoms with Crippen LogP contribution in [0.15, 0.2) is 34.9 Å².